The fourth-order valence-electron chi connectivity index (χ4n) is 3.63. The highest BCUT2D eigenvalue weighted by Gasteiger charge is 2.31. The van der Waals surface area contributed by atoms with Gasteiger partial charge in [-0.1, -0.05) is 19.3 Å². The van der Waals surface area contributed by atoms with Crippen molar-refractivity contribution in [3.8, 4) is 0 Å². The van der Waals surface area contributed by atoms with Crippen molar-refractivity contribution in [3.05, 3.63) is 17.5 Å². The van der Waals surface area contributed by atoms with Crippen molar-refractivity contribution in [2.24, 2.45) is 5.92 Å². The highest BCUT2D eigenvalue weighted by atomic mass is 16.4. The molecule has 0 spiro atoms. The Morgan fingerprint density at radius 1 is 1.18 bits per heavy atom. The minimum atomic E-state index is -0.802. The first-order valence-electron chi connectivity index (χ1n) is 8.25. The van der Waals surface area contributed by atoms with Gasteiger partial charge in [0.05, 0.1) is 23.4 Å². The number of nitrogens with zero attached hydrogens (tertiary/aromatic N) is 2. The summed E-state index contributed by atoms with van der Waals surface area (Å²) in [7, 11) is 0. The first-order chi connectivity index (χ1) is 10.7. The molecule has 6 nitrogen and oxygen atoms in total. The number of aryl methyl sites for hydroxylation is 1. The number of aromatic nitrogens is 2. The molecule has 2 aliphatic rings. The summed E-state index contributed by atoms with van der Waals surface area (Å²) in [5.74, 6) is -1.44. The van der Waals surface area contributed by atoms with Gasteiger partial charge >= 0.3 is 5.97 Å². The third-order valence-corrected chi connectivity index (χ3v) is 4.88. The van der Waals surface area contributed by atoms with Crippen molar-refractivity contribution in [1.82, 2.24) is 15.1 Å². The Hall–Kier alpha value is -1.85. The summed E-state index contributed by atoms with van der Waals surface area (Å²) in [6.45, 7) is 0.865. The molecule has 0 bridgehead atoms. The van der Waals surface area contributed by atoms with Gasteiger partial charge in [-0.2, -0.15) is 5.10 Å². The average Bonchev–Trinajstić information content (AvgIpc) is 2.80. The van der Waals surface area contributed by atoms with Crippen LogP contribution in [0.1, 0.15) is 61.0 Å². The summed E-state index contributed by atoms with van der Waals surface area (Å²) in [4.78, 5) is 24.0. The Bertz CT molecular complexity index is 567. The lowest BCUT2D eigenvalue weighted by molar-refractivity contribution is -0.142. The molecule has 1 aromatic rings. The molecule has 1 amide bonds. The van der Waals surface area contributed by atoms with Crippen LogP contribution < -0.4 is 5.32 Å². The molecule has 1 fully saturated rings. The summed E-state index contributed by atoms with van der Waals surface area (Å²) in [5.41, 5.74) is 1.61. The van der Waals surface area contributed by atoms with Gasteiger partial charge in [0.2, 0.25) is 0 Å². The second-order valence-corrected chi connectivity index (χ2v) is 6.35. The lowest BCUT2D eigenvalue weighted by Crippen LogP contribution is -2.43. The second-order valence-electron chi connectivity index (χ2n) is 6.35. The molecule has 3 rings (SSSR count). The molecular weight excluding hydrogens is 282 g/mol. The Kier molecular flexibility index (Phi) is 4.45. The van der Waals surface area contributed by atoms with E-state index in [1.807, 2.05) is 4.68 Å². The summed E-state index contributed by atoms with van der Waals surface area (Å²) in [6, 6.07) is -0.272. The van der Waals surface area contributed by atoms with E-state index in [1.165, 1.54) is 0 Å². The van der Waals surface area contributed by atoms with Crippen molar-refractivity contribution in [2.75, 3.05) is 0 Å². The lowest BCUT2D eigenvalue weighted by Gasteiger charge is -2.23. The van der Waals surface area contributed by atoms with E-state index in [-0.39, 0.29) is 11.9 Å². The van der Waals surface area contributed by atoms with Crippen molar-refractivity contribution >= 4 is 11.9 Å². The van der Waals surface area contributed by atoms with Crippen molar-refractivity contribution < 1.29 is 14.7 Å². The van der Waals surface area contributed by atoms with Gasteiger partial charge in [-0.25, -0.2) is 0 Å². The largest absolute Gasteiger partial charge is 0.481 e. The SMILES string of the molecule is O=C(N[C@H]1CCCCC[C@H]1C(=O)O)c1cnn2c1CCCC2. The zero-order valence-corrected chi connectivity index (χ0v) is 12.8. The predicted octanol–water partition coefficient (Wildman–Crippen LogP) is 1.98. The quantitative estimate of drug-likeness (QED) is 0.836. The second kappa shape index (κ2) is 6.50. The van der Waals surface area contributed by atoms with Crippen molar-refractivity contribution in [1.29, 1.82) is 0 Å². The maximum Gasteiger partial charge on any atom is 0.308 e. The zero-order valence-electron chi connectivity index (χ0n) is 12.8. The monoisotopic (exact) mass is 305 g/mol. The molecule has 22 heavy (non-hydrogen) atoms. The molecule has 1 aromatic heterocycles. The van der Waals surface area contributed by atoms with E-state index in [1.54, 1.807) is 6.20 Å². The predicted molar refractivity (Wildman–Crippen MR) is 80.6 cm³/mol. The van der Waals surface area contributed by atoms with E-state index in [0.717, 1.165) is 57.2 Å². The Balaban J connectivity index is 1.74. The first-order valence-corrected chi connectivity index (χ1v) is 8.25. The van der Waals surface area contributed by atoms with E-state index < -0.39 is 11.9 Å². The molecule has 6 heteroatoms. The number of rotatable bonds is 3. The topological polar surface area (TPSA) is 84.2 Å². The molecule has 2 heterocycles. The summed E-state index contributed by atoms with van der Waals surface area (Å²) < 4.78 is 1.90. The van der Waals surface area contributed by atoms with Gasteiger partial charge in [-0.05, 0) is 32.1 Å². The number of hydrogen-bond acceptors (Lipinski definition) is 3. The van der Waals surface area contributed by atoms with E-state index in [9.17, 15) is 14.7 Å². The van der Waals surface area contributed by atoms with Crippen LogP contribution in [0.4, 0.5) is 0 Å². The minimum absolute atomic E-state index is 0.165. The number of carboxylic acids is 1. The molecule has 0 unspecified atom stereocenters. The number of carboxylic acid groups (broad SMARTS) is 1. The highest BCUT2D eigenvalue weighted by molar-refractivity contribution is 5.95. The van der Waals surface area contributed by atoms with Crippen LogP contribution >= 0.6 is 0 Å². The molecular formula is C16H23N3O3. The van der Waals surface area contributed by atoms with Gasteiger partial charge in [-0.15, -0.1) is 0 Å². The molecule has 120 valence electrons. The maximum absolute atomic E-state index is 12.6. The molecule has 2 atom stereocenters. The van der Waals surface area contributed by atoms with Gasteiger partial charge in [0.25, 0.3) is 5.91 Å². The Morgan fingerprint density at radius 3 is 2.82 bits per heavy atom. The van der Waals surface area contributed by atoms with E-state index in [0.29, 0.717) is 12.0 Å². The number of carbonyl (C=O) groups excluding carboxylic acids is 1. The van der Waals surface area contributed by atoms with Crippen LogP contribution in [0.5, 0.6) is 0 Å². The van der Waals surface area contributed by atoms with Crippen LogP contribution in [-0.4, -0.2) is 32.8 Å². The average molecular weight is 305 g/mol. The molecule has 0 radical (unpaired) electrons. The van der Waals surface area contributed by atoms with Crippen molar-refractivity contribution in [2.45, 2.75) is 64.0 Å². The van der Waals surface area contributed by atoms with Crippen LogP contribution in [0.25, 0.3) is 0 Å². The number of carbonyl (C=O) groups is 2. The fraction of sp³-hybridized carbons (Fsp3) is 0.688. The minimum Gasteiger partial charge on any atom is -0.481 e. The van der Waals surface area contributed by atoms with Crippen LogP contribution in [0.3, 0.4) is 0 Å². The van der Waals surface area contributed by atoms with Crippen LogP contribution in [-0.2, 0) is 17.8 Å². The number of aliphatic carboxylic acids is 1. The van der Waals surface area contributed by atoms with Gasteiger partial charge in [-0.3, -0.25) is 14.3 Å². The lowest BCUT2D eigenvalue weighted by atomic mass is 9.94. The van der Waals surface area contributed by atoms with Crippen LogP contribution in [0.15, 0.2) is 6.20 Å². The van der Waals surface area contributed by atoms with Crippen LogP contribution in [0.2, 0.25) is 0 Å². The number of nitrogens with one attached hydrogen (secondary N) is 1. The van der Waals surface area contributed by atoms with Gasteiger partial charge < -0.3 is 10.4 Å². The Labute approximate surface area is 129 Å². The number of amides is 1. The van der Waals surface area contributed by atoms with Gasteiger partial charge in [0.15, 0.2) is 0 Å². The van der Waals surface area contributed by atoms with E-state index >= 15 is 0 Å². The molecule has 0 aromatic carbocycles. The summed E-state index contributed by atoms with van der Waals surface area (Å²) >= 11 is 0. The molecule has 2 N–H and O–H groups in total. The fourth-order valence-corrected chi connectivity index (χ4v) is 3.63. The van der Waals surface area contributed by atoms with Gasteiger partial charge in [0, 0.05) is 12.6 Å². The van der Waals surface area contributed by atoms with E-state index in [2.05, 4.69) is 10.4 Å². The smallest absolute Gasteiger partial charge is 0.308 e. The maximum atomic E-state index is 12.6. The normalized spacial score (nSPS) is 25.1. The van der Waals surface area contributed by atoms with Crippen molar-refractivity contribution in [3.63, 3.8) is 0 Å². The molecule has 1 aliphatic carbocycles. The first kappa shape index (κ1) is 15.1. The van der Waals surface area contributed by atoms with Gasteiger partial charge in [0.1, 0.15) is 0 Å². The number of fused-ring (bicyclic) bond motifs is 1. The van der Waals surface area contributed by atoms with E-state index in [4.69, 9.17) is 0 Å². The molecule has 1 saturated carbocycles. The summed E-state index contributed by atoms with van der Waals surface area (Å²) in [6.07, 6.45) is 9.00. The molecule has 1 aliphatic heterocycles. The number of hydrogen-bond donors (Lipinski definition) is 2. The third-order valence-electron chi connectivity index (χ3n) is 4.88. The summed E-state index contributed by atoms with van der Waals surface area (Å²) in [5, 5.41) is 16.7. The zero-order chi connectivity index (χ0) is 15.5. The highest BCUT2D eigenvalue weighted by Crippen LogP contribution is 2.25. The van der Waals surface area contributed by atoms with Crippen LogP contribution in [0, 0.1) is 5.92 Å². The third kappa shape index (κ3) is 3.00. The molecule has 0 saturated heterocycles. The standard InChI is InChI=1S/C16H23N3O3/c20-15(12-10-17-19-9-5-4-8-14(12)19)18-13-7-3-1-2-6-11(13)16(21)22/h10-11,13H,1-9H2,(H,18,20)(H,21,22)/t11-,13+/m1/s1. The Morgan fingerprint density at radius 2 is 2.00 bits per heavy atom.